The molecule has 7 heteroatoms. The molecule has 0 unspecified atom stereocenters. The molecule has 0 saturated carbocycles. The number of hydrogen-bond acceptors (Lipinski definition) is 5. The average Bonchev–Trinajstić information content (AvgIpc) is 2.93. The highest BCUT2D eigenvalue weighted by Crippen LogP contribution is 2.32. The lowest BCUT2D eigenvalue weighted by molar-refractivity contribution is -0.118. The molecule has 0 aliphatic carbocycles. The van der Waals surface area contributed by atoms with Crippen LogP contribution in [0, 0.1) is 0 Å². The van der Waals surface area contributed by atoms with Gasteiger partial charge in [-0.05, 0) is 75.3 Å². The predicted molar refractivity (Wildman–Crippen MR) is 147 cm³/mol. The van der Waals surface area contributed by atoms with E-state index in [-0.39, 0.29) is 0 Å². The second-order valence-corrected chi connectivity index (χ2v) is 9.30. The van der Waals surface area contributed by atoms with Gasteiger partial charge in [0, 0.05) is 32.7 Å². The Kier molecular flexibility index (Phi) is 10.8. The number of benzene rings is 2. The fourth-order valence-corrected chi connectivity index (χ4v) is 4.83. The minimum Gasteiger partial charge on any atom is -0.493 e. The summed E-state index contributed by atoms with van der Waals surface area (Å²) in [5.41, 5.74) is 6.45. The van der Waals surface area contributed by atoms with Crippen molar-refractivity contribution in [1.29, 1.82) is 0 Å². The van der Waals surface area contributed by atoms with Crippen LogP contribution in [0.3, 0.4) is 0 Å². The van der Waals surface area contributed by atoms with Crippen molar-refractivity contribution in [2.24, 2.45) is 0 Å². The number of nitrogens with zero attached hydrogens (tertiary/aromatic N) is 3. The fourth-order valence-electron chi connectivity index (χ4n) is 4.45. The monoisotopic (exact) mass is 553 g/mol. The maximum atomic E-state index is 10.7. The van der Waals surface area contributed by atoms with Crippen LogP contribution in [0.2, 0.25) is 0 Å². The Balaban J connectivity index is 0.000000189. The van der Waals surface area contributed by atoms with Gasteiger partial charge in [0.2, 0.25) is 6.41 Å². The van der Waals surface area contributed by atoms with Crippen LogP contribution in [0.15, 0.2) is 59.2 Å². The zero-order chi connectivity index (χ0) is 25.9. The molecule has 2 aromatic carbocycles. The third-order valence-electron chi connectivity index (χ3n) is 6.26. The molecule has 0 spiro atoms. The molecule has 1 amide bonds. The molecule has 0 saturated heterocycles. The Labute approximate surface area is 223 Å². The van der Waals surface area contributed by atoms with Crippen molar-refractivity contribution < 1.29 is 14.3 Å². The second-order valence-electron chi connectivity index (χ2n) is 8.48. The number of hydrogen-bond donors (Lipinski definition) is 0. The van der Waals surface area contributed by atoms with Crippen LogP contribution in [-0.2, 0) is 37.3 Å². The standard InChI is InChI=1S/C15H15BrN2.C12H15NO3.C2H6/c16-15-7-3-6-14(17-15)11-18-9-8-12-4-1-2-5-13(12)10-18;1-15-11-5-9-3-4-13(8-14)7-10(9)6-12(11)16-2;1-2/h1-7H,8-11H2;5-6,8H,3-4,7H2,1-2H3;1-2H3. The van der Waals surface area contributed by atoms with Gasteiger partial charge in [0.25, 0.3) is 0 Å². The van der Waals surface area contributed by atoms with E-state index in [1.54, 1.807) is 19.1 Å². The molecule has 3 heterocycles. The zero-order valence-electron chi connectivity index (χ0n) is 21.7. The summed E-state index contributed by atoms with van der Waals surface area (Å²) in [6.45, 7) is 8.49. The first-order valence-corrected chi connectivity index (χ1v) is 13.2. The molecule has 1 aromatic heterocycles. The van der Waals surface area contributed by atoms with Gasteiger partial charge in [-0.1, -0.05) is 44.2 Å². The first-order valence-electron chi connectivity index (χ1n) is 12.4. The smallest absolute Gasteiger partial charge is 0.210 e. The number of pyridine rings is 1. The van der Waals surface area contributed by atoms with E-state index in [4.69, 9.17) is 9.47 Å². The lowest BCUT2D eigenvalue weighted by Crippen LogP contribution is -2.30. The van der Waals surface area contributed by atoms with E-state index in [2.05, 4.69) is 56.1 Å². The highest BCUT2D eigenvalue weighted by Gasteiger charge is 2.18. The van der Waals surface area contributed by atoms with Crippen LogP contribution in [0.25, 0.3) is 0 Å². The SMILES string of the molecule is Brc1cccc(CN2CCc3ccccc3C2)n1.CC.COc1cc2c(cc1OC)CN(C=O)CC2. The molecular weight excluding hydrogens is 518 g/mol. The molecular formula is C29H36BrN3O3. The number of halogens is 1. The van der Waals surface area contributed by atoms with Gasteiger partial charge in [-0.2, -0.15) is 0 Å². The van der Waals surface area contributed by atoms with Gasteiger partial charge in [-0.15, -0.1) is 0 Å². The van der Waals surface area contributed by atoms with Crippen molar-refractivity contribution in [3.05, 3.63) is 87.1 Å². The highest BCUT2D eigenvalue weighted by molar-refractivity contribution is 9.10. The summed E-state index contributed by atoms with van der Waals surface area (Å²) in [6, 6.07) is 18.8. The van der Waals surface area contributed by atoms with Gasteiger partial charge < -0.3 is 14.4 Å². The highest BCUT2D eigenvalue weighted by atomic mass is 79.9. The Morgan fingerprint density at radius 2 is 1.53 bits per heavy atom. The average molecular weight is 555 g/mol. The maximum absolute atomic E-state index is 10.7. The van der Waals surface area contributed by atoms with Crippen molar-refractivity contribution in [2.45, 2.75) is 46.3 Å². The van der Waals surface area contributed by atoms with Gasteiger partial charge in [-0.25, -0.2) is 4.98 Å². The molecule has 5 rings (SSSR count). The molecule has 0 fully saturated rings. The summed E-state index contributed by atoms with van der Waals surface area (Å²) in [5, 5.41) is 0. The molecule has 2 aliphatic heterocycles. The quantitative estimate of drug-likeness (QED) is 0.302. The van der Waals surface area contributed by atoms with E-state index in [1.807, 2.05) is 38.1 Å². The lowest BCUT2D eigenvalue weighted by Gasteiger charge is -2.28. The van der Waals surface area contributed by atoms with Gasteiger partial charge in [0.1, 0.15) is 4.60 Å². The Morgan fingerprint density at radius 3 is 2.19 bits per heavy atom. The normalized spacial score (nSPS) is 14.2. The van der Waals surface area contributed by atoms with Gasteiger partial charge >= 0.3 is 0 Å². The topological polar surface area (TPSA) is 54.9 Å². The molecule has 3 aromatic rings. The summed E-state index contributed by atoms with van der Waals surface area (Å²) in [5.74, 6) is 1.47. The van der Waals surface area contributed by atoms with Crippen LogP contribution in [0.1, 0.15) is 41.8 Å². The molecule has 36 heavy (non-hydrogen) atoms. The minimum atomic E-state index is 0.652. The summed E-state index contributed by atoms with van der Waals surface area (Å²) in [4.78, 5) is 19.4. The van der Waals surface area contributed by atoms with E-state index < -0.39 is 0 Å². The Hall–Kier alpha value is -2.90. The molecule has 192 valence electrons. The molecule has 6 nitrogen and oxygen atoms in total. The fraction of sp³-hybridized carbons (Fsp3) is 0.379. The van der Waals surface area contributed by atoms with Gasteiger partial charge in [-0.3, -0.25) is 9.69 Å². The van der Waals surface area contributed by atoms with Crippen molar-refractivity contribution in [1.82, 2.24) is 14.8 Å². The van der Waals surface area contributed by atoms with Crippen LogP contribution >= 0.6 is 15.9 Å². The van der Waals surface area contributed by atoms with E-state index >= 15 is 0 Å². The van der Waals surface area contributed by atoms with E-state index in [0.29, 0.717) is 12.3 Å². The summed E-state index contributed by atoms with van der Waals surface area (Å²) >= 11 is 3.42. The summed E-state index contributed by atoms with van der Waals surface area (Å²) in [7, 11) is 3.25. The maximum Gasteiger partial charge on any atom is 0.210 e. The zero-order valence-corrected chi connectivity index (χ0v) is 23.3. The third-order valence-corrected chi connectivity index (χ3v) is 6.71. The molecule has 2 aliphatic rings. The predicted octanol–water partition coefficient (Wildman–Crippen LogP) is 5.65. The van der Waals surface area contributed by atoms with Crippen LogP contribution in [-0.4, -0.2) is 48.5 Å². The molecule has 0 bridgehead atoms. The number of aromatic nitrogens is 1. The van der Waals surface area contributed by atoms with E-state index in [0.717, 1.165) is 67.0 Å². The van der Waals surface area contributed by atoms with E-state index in [1.165, 1.54) is 16.7 Å². The number of methoxy groups -OCH3 is 2. The molecule has 0 radical (unpaired) electrons. The van der Waals surface area contributed by atoms with Crippen LogP contribution in [0.4, 0.5) is 0 Å². The lowest BCUT2D eigenvalue weighted by atomic mass is 9.99. The minimum absolute atomic E-state index is 0.652. The number of fused-ring (bicyclic) bond motifs is 2. The van der Waals surface area contributed by atoms with Crippen molar-refractivity contribution in [2.75, 3.05) is 27.3 Å². The first kappa shape index (κ1) is 27.7. The number of carbonyl (C=O) groups is 1. The van der Waals surface area contributed by atoms with Crippen molar-refractivity contribution in [3.63, 3.8) is 0 Å². The molecule has 0 N–H and O–H groups in total. The first-order chi connectivity index (χ1) is 17.6. The Bertz CT molecular complexity index is 1140. The van der Waals surface area contributed by atoms with Crippen molar-refractivity contribution >= 4 is 22.3 Å². The Morgan fingerprint density at radius 1 is 0.861 bits per heavy atom. The molecule has 0 atom stereocenters. The van der Waals surface area contributed by atoms with Gasteiger partial charge in [0.05, 0.1) is 19.9 Å². The number of amides is 1. The van der Waals surface area contributed by atoms with Crippen LogP contribution in [0.5, 0.6) is 11.5 Å². The van der Waals surface area contributed by atoms with Gasteiger partial charge in [0.15, 0.2) is 11.5 Å². The third kappa shape index (κ3) is 7.31. The summed E-state index contributed by atoms with van der Waals surface area (Å²) < 4.78 is 11.4. The van der Waals surface area contributed by atoms with Crippen molar-refractivity contribution in [3.8, 4) is 11.5 Å². The number of carbonyl (C=O) groups excluding carboxylic acids is 1. The van der Waals surface area contributed by atoms with E-state index in [9.17, 15) is 4.79 Å². The largest absolute Gasteiger partial charge is 0.493 e. The number of rotatable bonds is 5. The van der Waals surface area contributed by atoms with Crippen LogP contribution < -0.4 is 9.47 Å². The summed E-state index contributed by atoms with van der Waals surface area (Å²) in [6.07, 6.45) is 2.90. The second kappa shape index (κ2) is 14.0. The number of ether oxygens (including phenoxy) is 2.